The second kappa shape index (κ2) is 14.6. The third-order valence-electron chi connectivity index (χ3n) is 7.01. The Hall–Kier alpha value is -3.79. The van der Waals surface area contributed by atoms with Crippen molar-refractivity contribution in [1.82, 2.24) is 10.2 Å². The largest absolute Gasteiger partial charge is 0.357 e. The summed E-state index contributed by atoms with van der Waals surface area (Å²) in [5.41, 5.74) is 2.86. The van der Waals surface area contributed by atoms with Crippen molar-refractivity contribution in [2.24, 2.45) is 0 Å². The summed E-state index contributed by atoms with van der Waals surface area (Å²) in [6.45, 7) is 1.44. The molecule has 224 valence electrons. The van der Waals surface area contributed by atoms with E-state index in [9.17, 15) is 18.0 Å². The Labute approximate surface area is 262 Å². The lowest BCUT2D eigenvalue weighted by atomic mass is 10.0. The zero-order valence-electron chi connectivity index (χ0n) is 24.2. The van der Waals surface area contributed by atoms with Crippen molar-refractivity contribution in [1.29, 1.82) is 0 Å². The van der Waals surface area contributed by atoms with Gasteiger partial charge in [0, 0.05) is 29.9 Å². The zero-order valence-corrected chi connectivity index (χ0v) is 26.6. The average Bonchev–Trinajstić information content (AvgIpc) is 3.02. The van der Waals surface area contributed by atoms with Gasteiger partial charge in [0.1, 0.15) is 12.6 Å². The number of nitrogens with one attached hydrogen (secondary N) is 1. The predicted molar refractivity (Wildman–Crippen MR) is 174 cm³/mol. The summed E-state index contributed by atoms with van der Waals surface area (Å²) in [6.07, 6.45) is 2.15. The maximum absolute atomic E-state index is 14.3. The Bertz CT molecular complexity index is 1650. The molecule has 1 N–H and O–H groups in total. The van der Waals surface area contributed by atoms with Gasteiger partial charge < -0.3 is 10.2 Å². The second-order valence-electron chi connectivity index (χ2n) is 9.99. The van der Waals surface area contributed by atoms with Gasteiger partial charge in [-0.3, -0.25) is 13.9 Å². The number of sulfonamides is 1. The van der Waals surface area contributed by atoms with Gasteiger partial charge in [-0.1, -0.05) is 71.8 Å². The number of benzene rings is 4. The van der Waals surface area contributed by atoms with E-state index < -0.39 is 28.5 Å². The fourth-order valence-corrected chi connectivity index (χ4v) is 6.70. The predicted octanol–water partition coefficient (Wildman–Crippen LogP) is 5.95. The number of hydrogen-bond donors (Lipinski definition) is 1. The molecule has 0 saturated heterocycles. The number of aryl methyl sites for hydroxylation is 1. The highest BCUT2D eigenvalue weighted by Crippen LogP contribution is 2.27. The molecule has 4 aromatic rings. The molecule has 0 unspecified atom stereocenters. The first-order chi connectivity index (χ1) is 20.6. The molecule has 4 aromatic carbocycles. The Balaban J connectivity index is 1.78. The van der Waals surface area contributed by atoms with Crippen molar-refractivity contribution in [3.63, 3.8) is 0 Å². The van der Waals surface area contributed by atoms with Crippen LogP contribution in [-0.4, -0.2) is 51.0 Å². The lowest BCUT2D eigenvalue weighted by molar-refractivity contribution is -0.139. The maximum atomic E-state index is 14.3. The number of hydrogen-bond acceptors (Lipinski definition) is 5. The van der Waals surface area contributed by atoms with Crippen LogP contribution in [0.25, 0.3) is 0 Å². The van der Waals surface area contributed by atoms with Crippen LogP contribution in [-0.2, 0) is 32.6 Å². The van der Waals surface area contributed by atoms with E-state index in [1.807, 2.05) is 49.6 Å². The summed E-state index contributed by atoms with van der Waals surface area (Å²) in [4.78, 5) is 30.1. The number of amides is 2. The molecule has 10 heteroatoms. The Morgan fingerprint density at radius 2 is 1.53 bits per heavy atom. The molecule has 0 radical (unpaired) electrons. The van der Waals surface area contributed by atoms with Crippen LogP contribution in [0.1, 0.15) is 16.7 Å². The van der Waals surface area contributed by atoms with Gasteiger partial charge in [-0.2, -0.15) is 0 Å². The lowest BCUT2D eigenvalue weighted by Gasteiger charge is -2.33. The van der Waals surface area contributed by atoms with Crippen molar-refractivity contribution < 1.29 is 18.0 Å². The van der Waals surface area contributed by atoms with Crippen molar-refractivity contribution >= 4 is 50.9 Å². The molecule has 0 spiro atoms. The fourth-order valence-electron chi connectivity index (χ4n) is 4.67. The van der Waals surface area contributed by atoms with Gasteiger partial charge in [0.05, 0.1) is 10.6 Å². The smallest absolute Gasteiger partial charge is 0.264 e. The quantitative estimate of drug-likeness (QED) is 0.194. The average molecular weight is 636 g/mol. The molecule has 0 aromatic heterocycles. The van der Waals surface area contributed by atoms with Crippen LogP contribution in [0.3, 0.4) is 0 Å². The highest BCUT2D eigenvalue weighted by Gasteiger charge is 2.34. The van der Waals surface area contributed by atoms with E-state index in [-0.39, 0.29) is 23.8 Å². The fraction of sp³-hybridized carbons (Fsp3) is 0.212. The first kappa shape index (κ1) is 32.1. The van der Waals surface area contributed by atoms with E-state index in [4.69, 9.17) is 11.6 Å². The van der Waals surface area contributed by atoms with Gasteiger partial charge in [-0.25, -0.2) is 8.42 Å². The molecule has 2 amide bonds. The molecule has 43 heavy (non-hydrogen) atoms. The third-order valence-corrected chi connectivity index (χ3v) is 9.77. The highest BCUT2D eigenvalue weighted by molar-refractivity contribution is 7.98. The van der Waals surface area contributed by atoms with Gasteiger partial charge in [-0.15, -0.1) is 11.8 Å². The molecular formula is C33H34ClN3O4S2. The molecule has 4 rings (SSSR count). The zero-order chi connectivity index (χ0) is 31.0. The summed E-state index contributed by atoms with van der Waals surface area (Å²) >= 11 is 7.76. The number of carbonyl (C=O) groups excluding carboxylic acids is 2. The molecule has 0 aliphatic carbocycles. The minimum Gasteiger partial charge on any atom is -0.357 e. The molecule has 0 fully saturated rings. The number of thioether (sulfide) groups is 1. The first-order valence-electron chi connectivity index (χ1n) is 13.6. The van der Waals surface area contributed by atoms with Crippen LogP contribution in [0.2, 0.25) is 5.02 Å². The number of carbonyl (C=O) groups is 2. The standard InChI is InChI=1S/C33H34ClN3O4S2/c1-24-12-14-28(15-13-24)37(43(40,41)30-18-16-29(42-3)17-19-30)23-32(38)36(22-26-10-7-11-27(34)20-26)31(33(39)35-2)21-25-8-5-4-6-9-25/h4-20,31H,21-23H2,1-3H3,(H,35,39)/t31-/m0/s1. The molecule has 0 saturated carbocycles. The minimum absolute atomic E-state index is 0.0501. The van der Waals surface area contributed by atoms with Crippen LogP contribution < -0.4 is 9.62 Å². The maximum Gasteiger partial charge on any atom is 0.264 e. The van der Waals surface area contributed by atoms with E-state index in [1.165, 1.54) is 23.7 Å². The van der Waals surface area contributed by atoms with Gasteiger partial charge in [0.15, 0.2) is 0 Å². The van der Waals surface area contributed by atoms with Crippen molar-refractivity contribution in [3.05, 3.63) is 125 Å². The normalized spacial score (nSPS) is 11.9. The number of halogens is 1. The van der Waals surface area contributed by atoms with E-state index >= 15 is 0 Å². The molecule has 0 aliphatic rings. The number of nitrogens with zero attached hydrogens (tertiary/aromatic N) is 2. The molecule has 0 heterocycles. The van der Waals surface area contributed by atoms with Crippen LogP contribution >= 0.6 is 23.4 Å². The summed E-state index contributed by atoms with van der Waals surface area (Å²) in [6, 6.07) is 29.0. The van der Waals surface area contributed by atoms with Crippen molar-refractivity contribution in [2.45, 2.75) is 35.7 Å². The lowest BCUT2D eigenvalue weighted by Crippen LogP contribution is -2.53. The number of anilines is 1. The Morgan fingerprint density at radius 1 is 0.884 bits per heavy atom. The summed E-state index contributed by atoms with van der Waals surface area (Å²) in [5, 5.41) is 3.17. The topological polar surface area (TPSA) is 86.8 Å². The van der Waals surface area contributed by atoms with Crippen LogP contribution in [0.4, 0.5) is 5.69 Å². The van der Waals surface area contributed by atoms with Crippen LogP contribution in [0, 0.1) is 6.92 Å². The van der Waals surface area contributed by atoms with Crippen LogP contribution in [0.5, 0.6) is 0 Å². The molecular weight excluding hydrogens is 602 g/mol. The van der Waals surface area contributed by atoms with E-state index in [1.54, 1.807) is 66.7 Å². The van der Waals surface area contributed by atoms with Crippen LogP contribution in [0.15, 0.2) is 113 Å². The van der Waals surface area contributed by atoms with Crippen molar-refractivity contribution in [2.75, 3.05) is 24.2 Å². The van der Waals surface area contributed by atoms with E-state index in [0.717, 1.165) is 20.3 Å². The molecule has 0 bridgehead atoms. The van der Waals surface area contributed by atoms with Gasteiger partial charge in [-0.05, 0) is 72.8 Å². The van der Waals surface area contributed by atoms with E-state index in [2.05, 4.69) is 5.32 Å². The summed E-state index contributed by atoms with van der Waals surface area (Å²) in [5.74, 6) is -0.897. The van der Waals surface area contributed by atoms with Crippen molar-refractivity contribution in [3.8, 4) is 0 Å². The second-order valence-corrected chi connectivity index (χ2v) is 13.2. The first-order valence-corrected chi connectivity index (χ1v) is 16.7. The Kier molecular flexibility index (Phi) is 10.9. The Morgan fingerprint density at radius 3 is 2.14 bits per heavy atom. The molecule has 1 atom stereocenters. The van der Waals surface area contributed by atoms with Gasteiger partial charge in [0.25, 0.3) is 10.0 Å². The summed E-state index contributed by atoms with van der Waals surface area (Å²) < 4.78 is 29.3. The SMILES string of the molecule is CNC(=O)[C@H](Cc1ccccc1)N(Cc1cccc(Cl)c1)C(=O)CN(c1ccc(C)cc1)S(=O)(=O)c1ccc(SC)cc1. The monoisotopic (exact) mass is 635 g/mol. The number of likely N-dealkylation sites (N-methyl/N-ethyl adjacent to an activating group) is 1. The van der Waals surface area contributed by atoms with E-state index in [0.29, 0.717) is 16.3 Å². The minimum atomic E-state index is -4.16. The molecule has 0 aliphatic heterocycles. The summed E-state index contributed by atoms with van der Waals surface area (Å²) in [7, 11) is -2.64. The highest BCUT2D eigenvalue weighted by atomic mass is 35.5. The van der Waals surface area contributed by atoms with Gasteiger partial charge in [0.2, 0.25) is 11.8 Å². The third kappa shape index (κ3) is 8.19. The molecule has 7 nitrogen and oxygen atoms in total. The number of rotatable bonds is 12. The van der Waals surface area contributed by atoms with Gasteiger partial charge >= 0.3 is 0 Å².